The third-order valence-corrected chi connectivity index (χ3v) is 6.33. The Kier molecular flexibility index (Phi) is 9.29. The second kappa shape index (κ2) is 12.4. The summed E-state index contributed by atoms with van der Waals surface area (Å²) >= 11 is 0. The van der Waals surface area contributed by atoms with Crippen molar-refractivity contribution >= 4 is 11.9 Å². The zero-order chi connectivity index (χ0) is 22.8. The lowest BCUT2D eigenvalue weighted by molar-refractivity contribution is -0.137. The number of nitrogens with zero attached hydrogens (tertiary/aromatic N) is 1. The molecule has 0 saturated carbocycles. The summed E-state index contributed by atoms with van der Waals surface area (Å²) in [5.74, 6) is -0.532. The number of hydrogen-bond acceptors (Lipinski definition) is 3. The second-order valence-electron chi connectivity index (χ2n) is 8.84. The number of carboxylic acid groups (broad SMARTS) is 1. The number of amides is 1. The summed E-state index contributed by atoms with van der Waals surface area (Å²) in [6.45, 7) is 0.742. The van der Waals surface area contributed by atoms with E-state index in [0.717, 1.165) is 49.8 Å². The van der Waals surface area contributed by atoms with Crippen LogP contribution < -0.4 is 0 Å². The number of carbonyl (C=O) groups is 2. The van der Waals surface area contributed by atoms with Crippen LogP contribution in [0.25, 0.3) is 11.1 Å². The van der Waals surface area contributed by atoms with Gasteiger partial charge in [0.05, 0.1) is 6.10 Å². The Morgan fingerprint density at radius 1 is 1.00 bits per heavy atom. The van der Waals surface area contributed by atoms with E-state index >= 15 is 0 Å². The molecule has 2 N–H and O–H groups in total. The van der Waals surface area contributed by atoms with E-state index < -0.39 is 12.1 Å². The molecule has 1 aliphatic rings. The molecule has 1 saturated heterocycles. The second-order valence-corrected chi connectivity index (χ2v) is 8.84. The number of hydrogen-bond donors (Lipinski definition) is 2. The van der Waals surface area contributed by atoms with Gasteiger partial charge in [0.25, 0.3) is 0 Å². The number of likely N-dealkylation sites (tertiary alicyclic amines) is 1. The van der Waals surface area contributed by atoms with Crippen molar-refractivity contribution in [3.8, 4) is 11.1 Å². The van der Waals surface area contributed by atoms with Crippen LogP contribution in [-0.2, 0) is 16.0 Å². The summed E-state index contributed by atoms with van der Waals surface area (Å²) in [7, 11) is 0. The van der Waals surface area contributed by atoms with Gasteiger partial charge in [-0.1, -0.05) is 67.4 Å². The van der Waals surface area contributed by atoms with Crippen molar-refractivity contribution in [3.05, 3.63) is 60.2 Å². The SMILES string of the molecule is O=C(O)CCCCCCN1C(=O)CC[C@@H]1CC[C@@H](O)Cc1cccc(-c2ccccc2)c1. The summed E-state index contributed by atoms with van der Waals surface area (Å²) in [6.07, 6.45) is 6.84. The lowest BCUT2D eigenvalue weighted by Crippen LogP contribution is -2.34. The molecule has 0 radical (unpaired) electrons. The van der Waals surface area contributed by atoms with Crippen molar-refractivity contribution in [3.63, 3.8) is 0 Å². The Balaban J connectivity index is 1.43. The van der Waals surface area contributed by atoms with Gasteiger partial charge in [0.15, 0.2) is 0 Å². The number of aliphatic carboxylic acids is 1. The van der Waals surface area contributed by atoms with E-state index in [2.05, 4.69) is 30.3 Å². The normalized spacial score (nSPS) is 17.0. The molecule has 5 nitrogen and oxygen atoms in total. The monoisotopic (exact) mass is 437 g/mol. The highest BCUT2D eigenvalue weighted by Crippen LogP contribution is 2.25. The standard InChI is InChI=1S/C27H35NO4/c29-25(20-21-9-8-12-23(19-21)22-10-4-3-5-11-22)16-14-24-15-17-26(30)28(24)18-7-2-1-6-13-27(31)32/h3-5,8-12,19,24-25,29H,1-2,6-7,13-18,20H2,(H,31,32)/t24-,25+/m0/s1. The lowest BCUT2D eigenvalue weighted by Gasteiger charge is -2.26. The molecule has 3 rings (SSSR count). The highest BCUT2D eigenvalue weighted by Gasteiger charge is 2.30. The van der Waals surface area contributed by atoms with E-state index in [1.54, 1.807) is 0 Å². The molecular weight excluding hydrogens is 402 g/mol. The van der Waals surface area contributed by atoms with Crippen LogP contribution in [0.15, 0.2) is 54.6 Å². The number of aliphatic hydroxyl groups is 1. The van der Waals surface area contributed by atoms with Crippen molar-refractivity contribution in [2.24, 2.45) is 0 Å². The minimum Gasteiger partial charge on any atom is -0.481 e. The fourth-order valence-electron chi connectivity index (χ4n) is 4.58. The van der Waals surface area contributed by atoms with Crippen LogP contribution in [0.1, 0.15) is 63.4 Å². The number of carboxylic acids is 1. The van der Waals surface area contributed by atoms with E-state index in [1.807, 2.05) is 29.2 Å². The Hall–Kier alpha value is -2.66. The first kappa shape index (κ1) is 24.0. The van der Waals surface area contributed by atoms with Crippen molar-refractivity contribution < 1.29 is 19.8 Å². The van der Waals surface area contributed by atoms with Gasteiger partial charge in [0.2, 0.25) is 5.91 Å². The molecule has 5 heteroatoms. The first-order valence-electron chi connectivity index (χ1n) is 11.9. The van der Waals surface area contributed by atoms with E-state index in [-0.39, 0.29) is 18.4 Å². The van der Waals surface area contributed by atoms with E-state index in [4.69, 9.17) is 5.11 Å². The molecule has 0 unspecified atom stereocenters. The third kappa shape index (κ3) is 7.49. The van der Waals surface area contributed by atoms with Gasteiger partial charge in [0.1, 0.15) is 0 Å². The first-order chi connectivity index (χ1) is 15.5. The van der Waals surface area contributed by atoms with Crippen LogP contribution in [-0.4, -0.2) is 45.7 Å². The topological polar surface area (TPSA) is 77.8 Å². The lowest BCUT2D eigenvalue weighted by atomic mass is 9.97. The maximum Gasteiger partial charge on any atom is 0.303 e. The number of rotatable bonds is 13. The van der Waals surface area contributed by atoms with E-state index in [1.165, 1.54) is 5.56 Å². The molecule has 0 aromatic heterocycles. The predicted octanol–water partition coefficient (Wildman–Crippen LogP) is 5.06. The number of benzene rings is 2. The van der Waals surface area contributed by atoms with Gasteiger partial charge in [-0.2, -0.15) is 0 Å². The average Bonchev–Trinajstić information content (AvgIpc) is 3.14. The highest BCUT2D eigenvalue weighted by molar-refractivity contribution is 5.78. The quantitative estimate of drug-likeness (QED) is 0.429. The minimum absolute atomic E-state index is 0.214. The van der Waals surface area contributed by atoms with Gasteiger partial charge in [-0.25, -0.2) is 0 Å². The van der Waals surface area contributed by atoms with Crippen molar-refractivity contribution in [1.82, 2.24) is 4.90 Å². The van der Waals surface area contributed by atoms with Crippen LogP contribution in [0.5, 0.6) is 0 Å². The Morgan fingerprint density at radius 2 is 1.75 bits per heavy atom. The molecule has 0 bridgehead atoms. The maximum atomic E-state index is 12.3. The molecule has 0 spiro atoms. The fraction of sp³-hybridized carbons (Fsp3) is 0.481. The minimum atomic E-state index is -0.745. The van der Waals surface area contributed by atoms with Crippen LogP contribution >= 0.6 is 0 Å². The van der Waals surface area contributed by atoms with Gasteiger partial charge >= 0.3 is 5.97 Å². The summed E-state index contributed by atoms with van der Waals surface area (Å²) in [5, 5.41) is 19.3. The highest BCUT2D eigenvalue weighted by atomic mass is 16.4. The first-order valence-corrected chi connectivity index (χ1v) is 11.9. The summed E-state index contributed by atoms with van der Waals surface area (Å²) < 4.78 is 0. The summed E-state index contributed by atoms with van der Waals surface area (Å²) in [4.78, 5) is 24.9. The third-order valence-electron chi connectivity index (χ3n) is 6.33. The van der Waals surface area contributed by atoms with Crippen LogP contribution in [0.2, 0.25) is 0 Å². The van der Waals surface area contributed by atoms with Gasteiger partial charge in [0, 0.05) is 25.4 Å². The Labute approximate surface area is 191 Å². The molecule has 2 aromatic carbocycles. The number of aliphatic hydroxyl groups excluding tert-OH is 1. The summed E-state index contributed by atoms with van der Waals surface area (Å²) in [6, 6.07) is 18.8. The van der Waals surface area contributed by atoms with E-state index in [9.17, 15) is 14.7 Å². The number of carbonyl (C=O) groups excluding carboxylic acids is 1. The van der Waals surface area contributed by atoms with Crippen molar-refractivity contribution in [2.45, 2.75) is 76.4 Å². The van der Waals surface area contributed by atoms with Crippen LogP contribution in [0.4, 0.5) is 0 Å². The zero-order valence-electron chi connectivity index (χ0n) is 18.8. The van der Waals surface area contributed by atoms with Crippen LogP contribution in [0.3, 0.4) is 0 Å². The molecule has 1 aliphatic heterocycles. The van der Waals surface area contributed by atoms with E-state index in [0.29, 0.717) is 25.7 Å². The Bertz CT molecular complexity index is 867. The van der Waals surface area contributed by atoms with Crippen molar-refractivity contribution in [2.75, 3.05) is 6.54 Å². The molecule has 2 atom stereocenters. The van der Waals surface area contributed by atoms with Gasteiger partial charge in [-0.05, 0) is 55.2 Å². The Morgan fingerprint density at radius 3 is 2.53 bits per heavy atom. The molecule has 1 amide bonds. The fourth-order valence-corrected chi connectivity index (χ4v) is 4.58. The molecule has 1 heterocycles. The molecular formula is C27H35NO4. The predicted molar refractivity (Wildman–Crippen MR) is 126 cm³/mol. The zero-order valence-corrected chi connectivity index (χ0v) is 18.8. The van der Waals surface area contributed by atoms with Crippen LogP contribution in [0, 0.1) is 0 Å². The van der Waals surface area contributed by atoms with Gasteiger partial charge in [-0.15, -0.1) is 0 Å². The average molecular weight is 438 g/mol. The maximum absolute atomic E-state index is 12.3. The van der Waals surface area contributed by atoms with Gasteiger partial charge < -0.3 is 15.1 Å². The molecule has 0 aliphatic carbocycles. The molecule has 2 aromatic rings. The smallest absolute Gasteiger partial charge is 0.303 e. The molecule has 172 valence electrons. The molecule has 32 heavy (non-hydrogen) atoms. The van der Waals surface area contributed by atoms with Gasteiger partial charge in [-0.3, -0.25) is 9.59 Å². The number of unbranched alkanes of at least 4 members (excludes halogenated alkanes) is 3. The van der Waals surface area contributed by atoms with Crippen molar-refractivity contribution in [1.29, 1.82) is 0 Å². The summed E-state index contributed by atoms with van der Waals surface area (Å²) in [5.41, 5.74) is 3.46. The largest absolute Gasteiger partial charge is 0.481 e. The molecule has 1 fully saturated rings.